The van der Waals surface area contributed by atoms with E-state index in [4.69, 9.17) is 9.52 Å². The minimum atomic E-state index is -1.28. The zero-order valence-electron chi connectivity index (χ0n) is 9.93. The van der Waals surface area contributed by atoms with Crippen molar-refractivity contribution in [3.05, 3.63) is 51.9 Å². The molecule has 1 aromatic heterocycles. The van der Waals surface area contributed by atoms with Gasteiger partial charge in [0.25, 0.3) is 0 Å². The molecule has 0 unspecified atom stereocenters. The van der Waals surface area contributed by atoms with Gasteiger partial charge in [0.15, 0.2) is 0 Å². The minimum absolute atomic E-state index is 0.353. The molecule has 4 nitrogen and oxygen atoms in total. The van der Waals surface area contributed by atoms with Crippen molar-refractivity contribution in [3.63, 3.8) is 0 Å². The topological polar surface area (TPSA) is 67.5 Å². The SMILES string of the molecule is O=C(O)c1cc2cc(C=CCCBr)ccc2oc1=O. The minimum Gasteiger partial charge on any atom is -0.477 e. The Morgan fingerprint density at radius 2 is 2.16 bits per heavy atom. The molecule has 1 N–H and O–H groups in total. The average Bonchev–Trinajstić information content (AvgIpc) is 2.38. The second-order valence-corrected chi connectivity index (χ2v) is 4.72. The van der Waals surface area contributed by atoms with E-state index in [2.05, 4.69) is 15.9 Å². The van der Waals surface area contributed by atoms with Crippen molar-refractivity contribution in [2.45, 2.75) is 6.42 Å². The smallest absolute Gasteiger partial charge is 0.351 e. The predicted octanol–water partition coefficient (Wildman–Crippen LogP) is 3.29. The van der Waals surface area contributed by atoms with Crippen LogP contribution in [-0.4, -0.2) is 16.4 Å². The van der Waals surface area contributed by atoms with Crippen molar-refractivity contribution in [2.24, 2.45) is 0 Å². The number of aromatic carboxylic acids is 1. The Balaban J connectivity index is 2.49. The van der Waals surface area contributed by atoms with E-state index in [1.807, 2.05) is 18.2 Å². The lowest BCUT2D eigenvalue weighted by Crippen LogP contribution is -2.12. The molecule has 0 bridgehead atoms. The van der Waals surface area contributed by atoms with Gasteiger partial charge in [0.05, 0.1) is 0 Å². The first-order valence-corrected chi connectivity index (χ1v) is 6.77. The van der Waals surface area contributed by atoms with Gasteiger partial charge in [0, 0.05) is 10.7 Å². The monoisotopic (exact) mass is 322 g/mol. The number of hydrogen-bond acceptors (Lipinski definition) is 3. The standard InChI is InChI=1S/C14H11BrO4/c15-6-2-1-3-9-4-5-12-10(7-9)8-11(13(16)17)14(18)19-12/h1,3-5,7-8H,2,6H2,(H,16,17). The van der Waals surface area contributed by atoms with Crippen molar-refractivity contribution >= 4 is 38.9 Å². The highest BCUT2D eigenvalue weighted by Crippen LogP contribution is 2.17. The quantitative estimate of drug-likeness (QED) is 0.692. The van der Waals surface area contributed by atoms with E-state index in [9.17, 15) is 9.59 Å². The Hall–Kier alpha value is -1.88. The number of rotatable bonds is 4. The van der Waals surface area contributed by atoms with E-state index >= 15 is 0 Å². The summed E-state index contributed by atoms with van der Waals surface area (Å²) in [7, 11) is 0. The molecule has 19 heavy (non-hydrogen) atoms. The first kappa shape index (κ1) is 13.5. The van der Waals surface area contributed by atoms with E-state index in [1.165, 1.54) is 6.07 Å². The molecule has 1 aromatic carbocycles. The first-order valence-electron chi connectivity index (χ1n) is 5.65. The molecule has 0 radical (unpaired) electrons. The van der Waals surface area contributed by atoms with Crippen LogP contribution in [0.1, 0.15) is 22.3 Å². The summed E-state index contributed by atoms with van der Waals surface area (Å²) in [6.45, 7) is 0. The fourth-order valence-electron chi connectivity index (χ4n) is 1.68. The van der Waals surface area contributed by atoms with Gasteiger partial charge < -0.3 is 9.52 Å². The fourth-order valence-corrected chi connectivity index (χ4v) is 1.94. The molecule has 1 heterocycles. The molecule has 0 fully saturated rings. The van der Waals surface area contributed by atoms with Crippen LogP contribution in [0.4, 0.5) is 0 Å². The molecule has 2 rings (SSSR count). The number of alkyl halides is 1. The molecule has 98 valence electrons. The number of hydrogen-bond donors (Lipinski definition) is 1. The van der Waals surface area contributed by atoms with Gasteiger partial charge in [0.1, 0.15) is 11.1 Å². The molecule has 0 saturated carbocycles. The Bertz CT molecular complexity index is 700. The first-order chi connectivity index (χ1) is 9.11. The summed E-state index contributed by atoms with van der Waals surface area (Å²) >= 11 is 3.33. The molecule has 2 aromatic rings. The van der Waals surface area contributed by atoms with Gasteiger partial charge >= 0.3 is 11.6 Å². The Morgan fingerprint density at radius 1 is 1.37 bits per heavy atom. The van der Waals surface area contributed by atoms with Gasteiger partial charge in [-0.3, -0.25) is 0 Å². The molecule has 5 heteroatoms. The zero-order chi connectivity index (χ0) is 13.8. The van der Waals surface area contributed by atoms with Crippen LogP contribution in [0.25, 0.3) is 17.0 Å². The summed E-state index contributed by atoms with van der Waals surface area (Å²) in [5, 5.41) is 10.4. The number of carboxylic acid groups (broad SMARTS) is 1. The van der Waals surface area contributed by atoms with Gasteiger partial charge in [-0.2, -0.15) is 0 Å². The fraction of sp³-hybridized carbons (Fsp3) is 0.143. The van der Waals surface area contributed by atoms with Gasteiger partial charge in [-0.15, -0.1) is 0 Å². The third-order valence-corrected chi connectivity index (χ3v) is 3.03. The van der Waals surface area contributed by atoms with Crippen LogP contribution < -0.4 is 5.63 Å². The van der Waals surface area contributed by atoms with Crippen LogP contribution in [-0.2, 0) is 0 Å². The number of halogens is 1. The van der Waals surface area contributed by atoms with E-state index < -0.39 is 11.6 Å². The third-order valence-electron chi connectivity index (χ3n) is 2.57. The average molecular weight is 323 g/mol. The molecule has 0 spiro atoms. The van der Waals surface area contributed by atoms with Crippen molar-refractivity contribution < 1.29 is 14.3 Å². The van der Waals surface area contributed by atoms with E-state index in [-0.39, 0.29) is 5.56 Å². The Kier molecular flexibility index (Phi) is 4.16. The predicted molar refractivity (Wildman–Crippen MR) is 76.9 cm³/mol. The molecule has 0 saturated heterocycles. The van der Waals surface area contributed by atoms with Gasteiger partial charge in [-0.1, -0.05) is 34.1 Å². The number of benzene rings is 1. The highest BCUT2D eigenvalue weighted by atomic mass is 79.9. The summed E-state index contributed by atoms with van der Waals surface area (Å²) in [6, 6.07) is 6.60. The lowest BCUT2D eigenvalue weighted by Gasteiger charge is -2.00. The van der Waals surface area contributed by atoms with E-state index in [1.54, 1.807) is 12.1 Å². The van der Waals surface area contributed by atoms with Crippen molar-refractivity contribution in [1.29, 1.82) is 0 Å². The Labute approximate surface area is 117 Å². The number of carbonyl (C=O) groups is 1. The summed E-state index contributed by atoms with van der Waals surface area (Å²) in [5.41, 5.74) is 0.128. The van der Waals surface area contributed by atoms with Gasteiger partial charge in [0.2, 0.25) is 0 Å². The van der Waals surface area contributed by atoms with E-state index in [0.29, 0.717) is 11.0 Å². The van der Waals surface area contributed by atoms with Gasteiger partial charge in [-0.05, 0) is 30.2 Å². The molecule has 0 aliphatic heterocycles. The van der Waals surface area contributed by atoms with Crippen LogP contribution in [0.2, 0.25) is 0 Å². The summed E-state index contributed by atoms with van der Waals surface area (Å²) in [4.78, 5) is 22.3. The number of fused-ring (bicyclic) bond motifs is 1. The normalized spacial score (nSPS) is 11.2. The summed E-state index contributed by atoms with van der Waals surface area (Å²) < 4.78 is 4.97. The van der Waals surface area contributed by atoms with Crippen molar-refractivity contribution in [2.75, 3.05) is 5.33 Å². The lowest BCUT2D eigenvalue weighted by molar-refractivity contribution is 0.0692. The molecule has 0 aliphatic carbocycles. The van der Waals surface area contributed by atoms with Crippen LogP contribution in [0.15, 0.2) is 39.6 Å². The van der Waals surface area contributed by atoms with Crippen molar-refractivity contribution in [1.82, 2.24) is 0 Å². The van der Waals surface area contributed by atoms with Crippen molar-refractivity contribution in [3.8, 4) is 0 Å². The second kappa shape index (κ2) is 5.84. The van der Waals surface area contributed by atoms with Crippen LogP contribution in [0, 0.1) is 0 Å². The molecular weight excluding hydrogens is 312 g/mol. The molecule has 0 aliphatic rings. The molecule has 0 amide bonds. The summed E-state index contributed by atoms with van der Waals surface area (Å²) in [6.07, 6.45) is 4.85. The highest BCUT2D eigenvalue weighted by Gasteiger charge is 2.11. The summed E-state index contributed by atoms with van der Waals surface area (Å²) in [5.74, 6) is -1.28. The lowest BCUT2D eigenvalue weighted by atomic mass is 10.1. The number of carboxylic acids is 1. The van der Waals surface area contributed by atoms with Crippen LogP contribution in [0.3, 0.4) is 0 Å². The maximum Gasteiger partial charge on any atom is 0.351 e. The maximum absolute atomic E-state index is 11.4. The number of allylic oxidation sites excluding steroid dienone is 1. The molecule has 0 atom stereocenters. The second-order valence-electron chi connectivity index (χ2n) is 3.93. The largest absolute Gasteiger partial charge is 0.477 e. The van der Waals surface area contributed by atoms with E-state index in [0.717, 1.165) is 17.3 Å². The Morgan fingerprint density at radius 3 is 2.84 bits per heavy atom. The maximum atomic E-state index is 11.4. The van der Waals surface area contributed by atoms with Crippen LogP contribution in [0.5, 0.6) is 0 Å². The highest BCUT2D eigenvalue weighted by molar-refractivity contribution is 9.09. The van der Waals surface area contributed by atoms with Gasteiger partial charge in [-0.25, -0.2) is 9.59 Å². The molecular formula is C14H11BrO4. The third kappa shape index (κ3) is 3.12. The zero-order valence-corrected chi connectivity index (χ0v) is 11.5. The van der Waals surface area contributed by atoms with Crippen LogP contribution >= 0.6 is 15.9 Å².